The third kappa shape index (κ3) is 3.58. The van der Waals surface area contributed by atoms with E-state index in [1.165, 1.54) is 13.0 Å². The van der Waals surface area contributed by atoms with Gasteiger partial charge in [0.05, 0.1) is 9.82 Å². The lowest BCUT2D eigenvalue weighted by Gasteiger charge is -2.25. The minimum absolute atomic E-state index is 0.0543. The summed E-state index contributed by atoms with van der Waals surface area (Å²) >= 11 is 0. The van der Waals surface area contributed by atoms with Gasteiger partial charge in [0.25, 0.3) is 5.69 Å². The minimum atomic E-state index is -3.90. The number of hydrogen-bond acceptors (Lipinski definition) is 5. The van der Waals surface area contributed by atoms with Gasteiger partial charge in [-0.1, -0.05) is 0 Å². The number of sulfonamides is 1. The van der Waals surface area contributed by atoms with E-state index in [-0.39, 0.29) is 22.7 Å². The number of hydrogen-bond donors (Lipinski definition) is 2. The third-order valence-electron chi connectivity index (χ3n) is 3.23. The van der Waals surface area contributed by atoms with Crippen LogP contribution in [0.5, 0.6) is 0 Å². The van der Waals surface area contributed by atoms with Crippen molar-refractivity contribution in [1.82, 2.24) is 4.72 Å². The first-order valence-corrected chi connectivity index (χ1v) is 7.90. The molecule has 3 N–H and O–H groups in total. The molecule has 7 nitrogen and oxygen atoms in total. The summed E-state index contributed by atoms with van der Waals surface area (Å²) in [6, 6.07) is 1.51. The van der Waals surface area contributed by atoms with Gasteiger partial charge in [0.1, 0.15) is 0 Å². The van der Waals surface area contributed by atoms with E-state index in [1.807, 2.05) is 0 Å². The highest BCUT2D eigenvalue weighted by Crippen LogP contribution is 2.32. The fraction of sp³-hybridized carbons (Fsp3) is 0.538. The molecule has 0 aliphatic heterocycles. The molecule has 1 aromatic rings. The molecule has 0 atom stereocenters. The molecule has 8 heteroatoms. The maximum absolute atomic E-state index is 12.5. The van der Waals surface area contributed by atoms with E-state index in [1.54, 1.807) is 27.7 Å². The predicted molar refractivity (Wildman–Crippen MR) is 80.8 cm³/mol. The van der Waals surface area contributed by atoms with E-state index in [9.17, 15) is 18.5 Å². The smallest absolute Gasteiger partial charge is 0.276 e. The lowest BCUT2D eigenvalue weighted by atomic mass is 10.1. The van der Waals surface area contributed by atoms with Crippen molar-refractivity contribution in [3.63, 3.8) is 0 Å². The van der Waals surface area contributed by atoms with Crippen molar-refractivity contribution >= 4 is 15.7 Å². The van der Waals surface area contributed by atoms with Crippen molar-refractivity contribution < 1.29 is 13.3 Å². The van der Waals surface area contributed by atoms with Crippen molar-refractivity contribution in [2.45, 2.75) is 45.1 Å². The van der Waals surface area contributed by atoms with Crippen molar-refractivity contribution in [3.05, 3.63) is 32.9 Å². The number of nitro groups is 1. The minimum Gasteiger partial charge on any atom is -0.329 e. The standard InChI is InChI=1S/C13H21N3O4S/c1-8-6-9(2)12(10(3)11(8)16(17)18)21(19,20)15-13(4,5)7-14/h6,15H,7,14H2,1-5H3. The molecule has 0 saturated heterocycles. The number of rotatable bonds is 5. The molecular weight excluding hydrogens is 294 g/mol. The molecule has 1 rings (SSSR count). The van der Waals surface area contributed by atoms with Gasteiger partial charge in [-0.05, 0) is 46.2 Å². The van der Waals surface area contributed by atoms with Gasteiger partial charge in [-0.2, -0.15) is 0 Å². The molecule has 0 fully saturated rings. The Balaban J connectivity index is 3.57. The SMILES string of the molecule is Cc1cc(C)c(S(=O)(=O)NC(C)(C)CN)c(C)c1[N+](=O)[O-]. The number of nitrogens with one attached hydrogen (secondary N) is 1. The van der Waals surface area contributed by atoms with Crippen LogP contribution < -0.4 is 10.5 Å². The lowest BCUT2D eigenvalue weighted by molar-refractivity contribution is -0.386. The number of benzene rings is 1. The van der Waals surface area contributed by atoms with Gasteiger partial charge in [-0.15, -0.1) is 0 Å². The van der Waals surface area contributed by atoms with E-state index >= 15 is 0 Å². The summed E-state index contributed by atoms with van der Waals surface area (Å²) in [4.78, 5) is 10.5. The average molecular weight is 315 g/mol. The zero-order valence-electron chi connectivity index (χ0n) is 12.9. The molecule has 0 heterocycles. The summed E-state index contributed by atoms with van der Waals surface area (Å²) in [5.41, 5.74) is 5.57. The molecule has 0 spiro atoms. The van der Waals surface area contributed by atoms with Crippen LogP contribution in [0.25, 0.3) is 0 Å². The zero-order chi connectivity index (χ0) is 16.6. The fourth-order valence-electron chi connectivity index (χ4n) is 2.31. The zero-order valence-corrected chi connectivity index (χ0v) is 13.7. The highest BCUT2D eigenvalue weighted by molar-refractivity contribution is 7.89. The Bertz CT molecular complexity index is 681. The number of nitrogens with two attached hydrogens (primary N) is 1. The fourth-order valence-corrected chi connectivity index (χ4v) is 4.20. The Morgan fingerprint density at radius 2 is 1.81 bits per heavy atom. The van der Waals surface area contributed by atoms with Crippen LogP contribution in [0.1, 0.15) is 30.5 Å². The first-order chi connectivity index (χ1) is 9.43. The van der Waals surface area contributed by atoms with E-state index < -0.39 is 20.5 Å². The summed E-state index contributed by atoms with van der Waals surface area (Å²) in [7, 11) is -3.90. The molecule has 0 aliphatic carbocycles. The van der Waals surface area contributed by atoms with Gasteiger partial charge in [-0.25, -0.2) is 13.1 Å². The molecule has 0 radical (unpaired) electrons. The average Bonchev–Trinajstić information content (AvgIpc) is 2.25. The number of nitro benzene ring substituents is 1. The van der Waals surface area contributed by atoms with Gasteiger partial charge >= 0.3 is 0 Å². The van der Waals surface area contributed by atoms with Gasteiger partial charge in [0, 0.05) is 23.2 Å². The van der Waals surface area contributed by atoms with Gasteiger partial charge in [-0.3, -0.25) is 10.1 Å². The monoisotopic (exact) mass is 315 g/mol. The van der Waals surface area contributed by atoms with Crippen molar-refractivity contribution in [3.8, 4) is 0 Å². The molecule has 0 saturated carbocycles. The van der Waals surface area contributed by atoms with E-state index in [4.69, 9.17) is 5.73 Å². The summed E-state index contributed by atoms with van der Waals surface area (Å²) < 4.78 is 27.6. The summed E-state index contributed by atoms with van der Waals surface area (Å²) in [5, 5.41) is 11.1. The normalized spacial score (nSPS) is 12.5. The number of nitrogens with zero attached hydrogens (tertiary/aromatic N) is 1. The molecule has 0 aromatic heterocycles. The van der Waals surface area contributed by atoms with Gasteiger partial charge in [0.2, 0.25) is 10.0 Å². The predicted octanol–water partition coefficient (Wildman–Crippen LogP) is 1.54. The highest BCUT2D eigenvalue weighted by Gasteiger charge is 2.31. The van der Waals surface area contributed by atoms with E-state index in [0.29, 0.717) is 11.1 Å². The molecule has 0 bridgehead atoms. The van der Waals surface area contributed by atoms with Crippen LogP contribution in [0, 0.1) is 30.9 Å². The van der Waals surface area contributed by atoms with Gasteiger partial charge < -0.3 is 5.73 Å². The van der Waals surface area contributed by atoms with Gasteiger partial charge in [0.15, 0.2) is 0 Å². The van der Waals surface area contributed by atoms with E-state index in [2.05, 4.69) is 4.72 Å². The summed E-state index contributed by atoms with van der Waals surface area (Å²) in [6.07, 6.45) is 0. The molecule has 0 amide bonds. The molecule has 0 aliphatic rings. The molecule has 118 valence electrons. The second kappa shape index (κ2) is 5.70. The van der Waals surface area contributed by atoms with Crippen LogP contribution in [0.15, 0.2) is 11.0 Å². The van der Waals surface area contributed by atoms with Crippen LogP contribution in [-0.2, 0) is 10.0 Å². The Kier molecular flexibility index (Phi) is 4.76. The second-order valence-corrected chi connectivity index (χ2v) is 7.38. The van der Waals surface area contributed by atoms with Crippen molar-refractivity contribution in [2.75, 3.05) is 6.54 Å². The molecule has 0 unspecified atom stereocenters. The number of aryl methyl sites for hydroxylation is 2. The third-order valence-corrected chi connectivity index (χ3v) is 5.22. The van der Waals surface area contributed by atoms with Crippen LogP contribution in [0.4, 0.5) is 5.69 Å². The van der Waals surface area contributed by atoms with Crippen molar-refractivity contribution in [1.29, 1.82) is 0 Å². The van der Waals surface area contributed by atoms with Crippen LogP contribution in [-0.4, -0.2) is 25.4 Å². The maximum atomic E-state index is 12.5. The quantitative estimate of drug-likeness (QED) is 0.631. The molecule has 21 heavy (non-hydrogen) atoms. The van der Waals surface area contributed by atoms with Crippen molar-refractivity contribution in [2.24, 2.45) is 5.73 Å². The first kappa shape index (κ1) is 17.5. The first-order valence-electron chi connectivity index (χ1n) is 6.42. The topological polar surface area (TPSA) is 115 Å². The van der Waals surface area contributed by atoms with Crippen LogP contribution in [0.3, 0.4) is 0 Å². The lowest BCUT2D eigenvalue weighted by Crippen LogP contribution is -2.49. The Hall–Kier alpha value is -1.51. The largest absolute Gasteiger partial charge is 0.329 e. The van der Waals surface area contributed by atoms with Crippen LogP contribution in [0.2, 0.25) is 0 Å². The Labute approximate surface area is 124 Å². The Morgan fingerprint density at radius 1 is 1.29 bits per heavy atom. The Morgan fingerprint density at radius 3 is 2.24 bits per heavy atom. The van der Waals surface area contributed by atoms with Crippen LogP contribution >= 0.6 is 0 Å². The summed E-state index contributed by atoms with van der Waals surface area (Å²) in [5.74, 6) is 0. The second-order valence-electron chi connectivity index (χ2n) is 5.76. The van der Waals surface area contributed by atoms with E-state index in [0.717, 1.165) is 0 Å². The molecule has 1 aromatic carbocycles. The molecular formula is C13H21N3O4S. The summed E-state index contributed by atoms with van der Waals surface area (Å²) in [6.45, 7) is 8.07. The highest BCUT2D eigenvalue weighted by atomic mass is 32.2. The maximum Gasteiger partial charge on any atom is 0.276 e.